The van der Waals surface area contributed by atoms with Crippen molar-refractivity contribution in [1.29, 1.82) is 0 Å². The van der Waals surface area contributed by atoms with Crippen LogP contribution >= 0.6 is 0 Å². The standard InChI is InChI=1S/C14H13N5O/c20-14(13-7-15-18-17-13)19-6-5-12-10(8-19)9-3-1-2-4-11(9)16-12/h1-4,7,16H,5-6,8H2,(H,15,17,18). The molecular formula is C14H13N5O. The summed E-state index contributed by atoms with van der Waals surface area (Å²) in [6.45, 7) is 1.32. The summed E-state index contributed by atoms with van der Waals surface area (Å²) in [5.74, 6) is -0.0744. The molecule has 0 saturated heterocycles. The Labute approximate surface area is 114 Å². The van der Waals surface area contributed by atoms with E-state index in [0.717, 1.165) is 11.9 Å². The molecule has 3 aromatic rings. The van der Waals surface area contributed by atoms with Crippen molar-refractivity contribution < 1.29 is 4.79 Å². The molecule has 1 aliphatic heterocycles. The second-order valence-electron chi connectivity index (χ2n) is 4.96. The molecule has 3 heterocycles. The van der Waals surface area contributed by atoms with Gasteiger partial charge in [0.15, 0.2) is 5.69 Å². The van der Waals surface area contributed by atoms with Crippen molar-refractivity contribution in [3.05, 3.63) is 47.4 Å². The predicted molar refractivity (Wildman–Crippen MR) is 73.1 cm³/mol. The van der Waals surface area contributed by atoms with Crippen molar-refractivity contribution in [1.82, 2.24) is 25.3 Å². The maximum atomic E-state index is 12.3. The van der Waals surface area contributed by atoms with Crippen molar-refractivity contribution >= 4 is 16.8 Å². The van der Waals surface area contributed by atoms with Crippen LogP contribution in [0.4, 0.5) is 0 Å². The summed E-state index contributed by atoms with van der Waals surface area (Å²) < 4.78 is 0. The number of nitrogens with one attached hydrogen (secondary N) is 2. The number of carbonyl (C=O) groups is 1. The van der Waals surface area contributed by atoms with Crippen molar-refractivity contribution in [3.8, 4) is 0 Å². The third-order valence-corrected chi connectivity index (χ3v) is 3.80. The second-order valence-corrected chi connectivity index (χ2v) is 4.96. The highest BCUT2D eigenvalue weighted by Gasteiger charge is 2.25. The Balaban J connectivity index is 1.71. The van der Waals surface area contributed by atoms with Crippen LogP contribution in [0.5, 0.6) is 0 Å². The summed E-state index contributed by atoms with van der Waals surface area (Å²) in [6.07, 6.45) is 2.31. The van der Waals surface area contributed by atoms with Crippen LogP contribution < -0.4 is 0 Å². The molecule has 0 spiro atoms. The fourth-order valence-electron chi connectivity index (χ4n) is 2.81. The summed E-state index contributed by atoms with van der Waals surface area (Å²) in [6, 6.07) is 8.20. The van der Waals surface area contributed by atoms with Crippen LogP contribution in [0.25, 0.3) is 10.9 Å². The molecule has 1 aromatic carbocycles. The Bertz CT molecular complexity index is 774. The topological polar surface area (TPSA) is 77.7 Å². The Morgan fingerprint density at radius 2 is 2.20 bits per heavy atom. The number of benzene rings is 1. The number of H-pyrrole nitrogens is 2. The number of para-hydroxylation sites is 1. The van der Waals surface area contributed by atoms with Crippen molar-refractivity contribution in [2.45, 2.75) is 13.0 Å². The van der Waals surface area contributed by atoms with Crippen LogP contribution in [0, 0.1) is 0 Å². The van der Waals surface area contributed by atoms with E-state index in [9.17, 15) is 4.79 Å². The monoisotopic (exact) mass is 267 g/mol. The molecule has 6 nitrogen and oxygen atoms in total. The number of hydrogen-bond donors (Lipinski definition) is 2. The minimum absolute atomic E-state index is 0.0744. The molecule has 0 atom stereocenters. The highest BCUT2D eigenvalue weighted by atomic mass is 16.2. The molecule has 100 valence electrons. The molecule has 6 heteroatoms. The summed E-state index contributed by atoms with van der Waals surface area (Å²) in [4.78, 5) is 17.6. The lowest BCUT2D eigenvalue weighted by atomic mass is 10.0. The minimum Gasteiger partial charge on any atom is -0.358 e. The van der Waals surface area contributed by atoms with Crippen LogP contribution in [-0.4, -0.2) is 37.7 Å². The normalized spacial score (nSPS) is 14.5. The first-order valence-electron chi connectivity index (χ1n) is 6.56. The molecule has 0 fully saturated rings. The summed E-state index contributed by atoms with van der Waals surface area (Å²) in [5.41, 5.74) is 3.95. The fourth-order valence-corrected chi connectivity index (χ4v) is 2.81. The van der Waals surface area contributed by atoms with Gasteiger partial charge < -0.3 is 9.88 Å². The van der Waals surface area contributed by atoms with Gasteiger partial charge in [0.1, 0.15) is 0 Å². The molecule has 0 radical (unpaired) electrons. The van der Waals surface area contributed by atoms with E-state index in [0.29, 0.717) is 18.8 Å². The van der Waals surface area contributed by atoms with Crippen LogP contribution in [0.1, 0.15) is 21.7 Å². The van der Waals surface area contributed by atoms with Gasteiger partial charge in [0.25, 0.3) is 5.91 Å². The number of aromatic nitrogens is 4. The lowest BCUT2D eigenvalue weighted by Gasteiger charge is -2.26. The van der Waals surface area contributed by atoms with Gasteiger partial charge in [-0.1, -0.05) is 18.2 Å². The zero-order chi connectivity index (χ0) is 13.5. The van der Waals surface area contributed by atoms with Crippen molar-refractivity contribution in [2.75, 3.05) is 6.54 Å². The lowest BCUT2D eigenvalue weighted by molar-refractivity contribution is 0.0729. The van der Waals surface area contributed by atoms with Crippen LogP contribution in [0.2, 0.25) is 0 Å². The number of fused-ring (bicyclic) bond motifs is 3. The number of aromatic amines is 2. The third kappa shape index (κ3) is 1.61. The molecule has 20 heavy (non-hydrogen) atoms. The molecule has 4 rings (SSSR count). The van der Waals surface area contributed by atoms with Gasteiger partial charge in [0.05, 0.1) is 6.20 Å². The first-order chi connectivity index (χ1) is 9.83. The molecule has 2 aromatic heterocycles. The SMILES string of the molecule is O=C(c1cn[nH]n1)N1CCc2[nH]c3ccccc3c2C1. The van der Waals surface area contributed by atoms with E-state index in [1.165, 1.54) is 22.8 Å². The first kappa shape index (κ1) is 11.2. The van der Waals surface area contributed by atoms with Gasteiger partial charge in [0.2, 0.25) is 0 Å². The zero-order valence-corrected chi connectivity index (χ0v) is 10.8. The van der Waals surface area contributed by atoms with E-state index in [1.807, 2.05) is 17.0 Å². The van der Waals surface area contributed by atoms with Gasteiger partial charge in [-0.15, -0.1) is 0 Å². The number of carbonyl (C=O) groups excluding carboxylic acids is 1. The number of amides is 1. The lowest BCUT2D eigenvalue weighted by Crippen LogP contribution is -2.36. The molecular weight excluding hydrogens is 254 g/mol. The second kappa shape index (κ2) is 4.19. The molecule has 0 bridgehead atoms. The maximum Gasteiger partial charge on any atom is 0.276 e. The highest BCUT2D eigenvalue weighted by molar-refractivity contribution is 5.93. The van der Waals surface area contributed by atoms with Crippen molar-refractivity contribution in [2.24, 2.45) is 0 Å². The summed E-state index contributed by atoms with van der Waals surface area (Å²) in [7, 11) is 0. The third-order valence-electron chi connectivity index (χ3n) is 3.80. The minimum atomic E-state index is -0.0744. The maximum absolute atomic E-state index is 12.3. The zero-order valence-electron chi connectivity index (χ0n) is 10.8. The van der Waals surface area contributed by atoms with E-state index in [4.69, 9.17) is 0 Å². The van der Waals surface area contributed by atoms with Crippen LogP contribution in [0.15, 0.2) is 30.5 Å². The van der Waals surface area contributed by atoms with E-state index in [-0.39, 0.29) is 5.91 Å². The smallest absolute Gasteiger partial charge is 0.276 e. The van der Waals surface area contributed by atoms with Crippen molar-refractivity contribution in [3.63, 3.8) is 0 Å². The van der Waals surface area contributed by atoms with E-state index in [2.05, 4.69) is 32.5 Å². The fraction of sp³-hybridized carbons (Fsp3) is 0.214. The van der Waals surface area contributed by atoms with E-state index < -0.39 is 0 Å². The van der Waals surface area contributed by atoms with Gasteiger partial charge in [0, 0.05) is 41.7 Å². The molecule has 1 amide bonds. The van der Waals surface area contributed by atoms with Gasteiger partial charge in [-0.25, -0.2) is 0 Å². The number of nitrogens with zero attached hydrogens (tertiary/aromatic N) is 3. The summed E-state index contributed by atoms with van der Waals surface area (Å²) >= 11 is 0. The van der Waals surface area contributed by atoms with Gasteiger partial charge in [-0.05, 0) is 6.07 Å². The number of hydrogen-bond acceptors (Lipinski definition) is 3. The Hall–Kier alpha value is -2.63. The van der Waals surface area contributed by atoms with Crippen LogP contribution in [0.3, 0.4) is 0 Å². The van der Waals surface area contributed by atoms with E-state index in [1.54, 1.807) is 0 Å². The summed E-state index contributed by atoms with van der Waals surface area (Å²) in [5, 5.41) is 11.2. The molecule has 2 N–H and O–H groups in total. The molecule has 1 aliphatic rings. The first-order valence-corrected chi connectivity index (χ1v) is 6.56. The largest absolute Gasteiger partial charge is 0.358 e. The Kier molecular flexibility index (Phi) is 2.35. The Morgan fingerprint density at radius 3 is 3.05 bits per heavy atom. The quantitative estimate of drug-likeness (QED) is 0.701. The average molecular weight is 267 g/mol. The van der Waals surface area contributed by atoms with Gasteiger partial charge in [-0.2, -0.15) is 15.4 Å². The van der Waals surface area contributed by atoms with Gasteiger partial charge in [-0.3, -0.25) is 4.79 Å². The van der Waals surface area contributed by atoms with E-state index >= 15 is 0 Å². The Morgan fingerprint density at radius 1 is 1.30 bits per heavy atom. The van der Waals surface area contributed by atoms with Crippen LogP contribution in [-0.2, 0) is 13.0 Å². The molecule has 0 aliphatic carbocycles. The predicted octanol–water partition coefficient (Wildman–Crippen LogP) is 1.48. The molecule has 0 saturated carbocycles. The van der Waals surface area contributed by atoms with Gasteiger partial charge >= 0.3 is 0 Å². The average Bonchev–Trinajstić information content (AvgIpc) is 3.13. The molecule has 0 unspecified atom stereocenters. The highest BCUT2D eigenvalue weighted by Crippen LogP contribution is 2.27. The number of rotatable bonds is 1.